The first kappa shape index (κ1) is 14.6. The summed E-state index contributed by atoms with van der Waals surface area (Å²) < 4.78 is 0. The number of piperidine rings is 4. The van der Waals surface area contributed by atoms with E-state index in [1.807, 2.05) is 0 Å². The van der Waals surface area contributed by atoms with E-state index in [1.165, 1.54) is 4.90 Å². The Morgan fingerprint density at radius 3 is 2.43 bits per heavy atom. The van der Waals surface area contributed by atoms with Crippen LogP contribution in [-0.2, 0) is 4.79 Å². The van der Waals surface area contributed by atoms with Gasteiger partial charge >= 0.3 is 12.0 Å². The number of aliphatic carboxylic acids is 1. The fourth-order valence-corrected chi connectivity index (χ4v) is 3.99. The molecule has 4 aliphatic rings. The van der Waals surface area contributed by atoms with Crippen molar-refractivity contribution < 1.29 is 14.7 Å². The van der Waals surface area contributed by atoms with Crippen LogP contribution in [0.2, 0.25) is 0 Å². The molecule has 0 radical (unpaired) electrons. The predicted octanol–water partition coefficient (Wildman–Crippen LogP) is 0.975. The second-order valence-electron chi connectivity index (χ2n) is 6.87. The molecule has 0 aromatic heterocycles. The summed E-state index contributed by atoms with van der Waals surface area (Å²) in [7, 11) is 0. The first-order valence-corrected chi connectivity index (χ1v) is 8.07. The molecule has 0 aromatic rings. The third-order valence-electron chi connectivity index (χ3n) is 5.38. The minimum Gasteiger partial charge on any atom is -0.480 e. The number of nitrogens with one attached hydrogen (secondary N) is 1. The molecule has 3 unspecified atom stereocenters. The van der Waals surface area contributed by atoms with Gasteiger partial charge in [0.05, 0.1) is 0 Å². The highest BCUT2D eigenvalue weighted by atomic mass is 16.4. The van der Waals surface area contributed by atoms with Crippen molar-refractivity contribution in [2.75, 3.05) is 26.2 Å². The van der Waals surface area contributed by atoms with Crippen molar-refractivity contribution in [1.29, 1.82) is 0 Å². The maximum atomic E-state index is 12.5. The summed E-state index contributed by atoms with van der Waals surface area (Å²) in [6, 6.07) is -0.670. The maximum absolute atomic E-state index is 12.5. The Balaban J connectivity index is 1.62. The smallest absolute Gasteiger partial charge is 0.326 e. The molecule has 0 spiro atoms. The van der Waals surface area contributed by atoms with E-state index in [-0.39, 0.29) is 12.1 Å². The normalized spacial score (nSPS) is 39.1. The molecule has 0 aromatic carbocycles. The number of amides is 2. The molecule has 0 saturated carbocycles. The first-order valence-electron chi connectivity index (χ1n) is 8.07. The molecular weight excluding hydrogens is 270 g/mol. The maximum Gasteiger partial charge on any atom is 0.326 e. The van der Waals surface area contributed by atoms with Gasteiger partial charge in [-0.25, -0.2) is 9.59 Å². The number of nitrogens with zero attached hydrogens (tertiary/aromatic N) is 2. The predicted molar refractivity (Wildman–Crippen MR) is 78.0 cm³/mol. The van der Waals surface area contributed by atoms with Crippen LogP contribution in [0.25, 0.3) is 0 Å². The van der Waals surface area contributed by atoms with Crippen molar-refractivity contribution in [3.63, 3.8) is 0 Å². The van der Waals surface area contributed by atoms with Gasteiger partial charge in [0, 0.05) is 19.1 Å². The molecule has 4 saturated heterocycles. The van der Waals surface area contributed by atoms with Gasteiger partial charge in [0.25, 0.3) is 0 Å². The molecule has 6 heteroatoms. The number of rotatable bonds is 2. The van der Waals surface area contributed by atoms with E-state index in [0.717, 1.165) is 38.9 Å². The lowest BCUT2D eigenvalue weighted by atomic mass is 9.84. The molecule has 4 aliphatic heterocycles. The summed E-state index contributed by atoms with van der Waals surface area (Å²) >= 11 is 0. The van der Waals surface area contributed by atoms with Gasteiger partial charge in [-0.1, -0.05) is 6.92 Å². The molecule has 3 atom stereocenters. The first-order chi connectivity index (χ1) is 10.0. The Morgan fingerprint density at radius 2 is 1.86 bits per heavy atom. The number of likely N-dealkylation sites (tertiary alicyclic amines) is 1. The minimum atomic E-state index is -0.884. The zero-order valence-electron chi connectivity index (χ0n) is 12.6. The number of carboxylic acid groups (broad SMARTS) is 1. The summed E-state index contributed by atoms with van der Waals surface area (Å²) in [6.45, 7) is 5.79. The molecular formula is C15H25N3O3. The van der Waals surface area contributed by atoms with E-state index in [2.05, 4.69) is 17.1 Å². The molecule has 2 bridgehead atoms. The summed E-state index contributed by atoms with van der Waals surface area (Å²) in [6.07, 6.45) is 3.73. The van der Waals surface area contributed by atoms with Crippen LogP contribution in [0.15, 0.2) is 0 Å². The summed E-state index contributed by atoms with van der Waals surface area (Å²) in [5.74, 6) is 0.0449. The highest BCUT2D eigenvalue weighted by molar-refractivity contribution is 5.83. The molecule has 2 N–H and O–H groups in total. The van der Waals surface area contributed by atoms with Gasteiger partial charge in [-0.15, -0.1) is 0 Å². The van der Waals surface area contributed by atoms with Crippen LogP contribution in [0.3, 0.4) is 0 Å². The van der Waals surface area contributed by atoms with E-state index in [9.17, 15) is 14.7 Å². The molecule has 0 aliphatic carbocycles. The third kappa shape index (κ3) is 3.00. The van der Waals surface area contributed by atoms with Gasteiger partial charge in [0.2, 0.25) is 0 Å². The average Bonchev–Trinajstić information content (AvgIpc) is 2.48. The van der Waals surface area contributed by atoms with Gasteiger partial charge in [-0.05, 0) is 50.6 Å². The second-order valence-corrected chi connectivity index (χ2v) is 6.87. The lowest BCUT2D eigenvalue weighted by Gasteiger charge is -2.46. The summed E-state index contributed by atoms with van der Waals surface area (Å²) in [4.78, 5) is 27.8. The van der Waals surface area contributed by atoms with Gasteiger partial charge in [0.1, 0.15) is 6.04 Å². The van der Waals surface area contributed by atoms with E-state index >= 15 is 0 Å². The molecule has 6 nitrogen and oxygen atoms in total. The van der Waals surface area contributed by atoms with E-state index < -0.39 is 12.0 Å². The van der Waals surface area contributed by atoms with Crippen molar-refractivity contribution in [2.45, 2.75) is 44.7 Å². The van der Waals surface area contributed by atoms with Crippen LogP contribution >= 0.6 is 0 Å². The molecule has 4 fully saturated rings. The molecule has 2 amide bonds. The fraction of sp³-hybridized carbons (Fsp3) is 0.867. The number of hydrogen-bond donors (Lipinski definition) is 2. The van der Waals surface area contributed by atoms with Crippen LogP contribution < -0.4 is 5.32 Å². The average molecular weight is 295 g/mol. The number of fused-ring (bicyclic) bond motifs is 3. The van der Waals surface area contributed by atoms with Crippen molar-refractivity contribution in [1.82, 2.24) is 15.1 Å². The molecule has 21 heavy (non-hydrogen) atoms. The second kappa shape index (κ2) is 5.83. The van der Waals surface area contributed by atoms with Gasteiger partial charge in [-0.3, -0.25) is 0 Å². The molecule has 118 valence electrons. The summed E-state index contributed by atoms with van der Waals surface area (Å²) in [5.41, 5.74) is 0. The number of hydrogen-bond acceptors (Lipinski definition) is 3. The van der Waals surface area contributed by atoms with Crippen molar-refractivity contribution in [2.24, 2.45) is 11.8 Å². The van der Waals surface area contributed by atoms with E-state index in [4.69, 9.17) is 0 Å². The largest absolute Gasteiger partial charge is 0.480 e. The van der Waals surface area contributed by atoms with Crippen molar-refractivity contribution in [3.8, 4) is 0 Å². The Kier molecular flexibility index (Phi) is 4.06. The highest BCUT2D eigenvalue weighted by Crippen LogP contribution is 2.28. The Bertz CT molecular complexity index is 420. The zero-order valence-corrected chi connectivity index (χ0v) is 12.6. The third-order valence-corrected chi connectivity index (χ3v) is 5.38. The van der Waals surface area contributed by atoms with E-state index in [0.29, 0.717) is 24.8 Å². The minimum absolute atomic E-state index is 0.187. The summed E-state index contributed by atoms with van der Waals surface area (Å²) in [5, 5.41) is 12.5. The standard InChI is InChI=1S/C15H25N3O3/c1-10-2-7-18(13(8-10)14(19)20)15(21)16-12-9-17-5-3-11(12)4-6-17/h10-13H,2-9H2,1H3,(H,16,21)(H,19,20). The van der Waals surface area contributed by atoms with Crippen LogP contribution in [0.1, 0.15) is 32.6 Å². The number of carbonyl (C=O) groups is 2. The molecule has 4 rings (SSSR count). The monoisotopic (exact) mass is 295 g/mol. The number of carboxylic acids is 1. The number of carbonyl (C=O) groups excluding carboxylic acids is 1. The van der Waals surface area contributed by atoms with Crippen molar-refractivity contribution >= 4 is 12.0 Å². The fourth-order valence-electron chi connectivity index (χ4n) is 3.99. The molecule has 4 heterocycles. The quantitative estimate of drug-likeness (QED) is 0.796. The Morgan fingerprint density at radius 1 is 1.14 bits per heavy atom. The van der Waals surface area contributed by atoms with Gasteiger partial charge in [-0.2, -0.15) is 0 Å². The highest BCUT2D eigenvalue weighted by Gasteiger charge is 2.39. The van der Waals surface area contributed by atoms with Crippen LogP contribution in [0.4, 0.5) is 4.79 Å². The zero-order chi connectivity index (χ0) is 15.0. The van der Waals surface area contributed by atoms with Crippen LogP contribution in [-0.4, -0.2) is 65.2 Å². The number of urea groups is 1. The Hall–Kier alpha value is -1.30. The topological polar surface area (TPSA) is 72.9 Å². The van der Waals surface area contributed by atoms with E-state index in [1.54, 1.807) is 0 Å². The van der Waals surface area contributed by atoms with Crippen LogP contribution in [0, 0.1) is 11.8 Å². The lowest BCUT2D eigenvalue weighted by molar-refractivity contribution is -0.143. The SMILES string of the molecule is CC1CCN(C(=O)NC2CN3CCC2CC3)C(C(=O)O)C1. The lowest BCUT2D eigenvalue weighted by Crippen LogP contribution is -2.61. The van der Waals surface area contributed by atoms with Gasteiger partial charge < -0.3 is 20.2 Å². The Labute approximate surface area is 125 Å². The van der Waals surface area contributed by atoms with Gasteiger partial charge in [0.15, 0.2) is 0 Å². The van der Waals surface area contributed by atoms with Crippen molar-refractivity contribution in [3.05, 3.63) is 0 Å². The van der Waals surface area contributed by atoms with Crippen LogP contribution in [0.5, 0.6) is 0 Å².